The van der Waals surface area contributed by atoms with E-state index in [2.05, 4.69) is 4.98 Å². The summed E-state index contributed by atoms with van der Waals surface area (Å²) in [7, 11) is -3.06. The molecule has 1 aromatic heterocycles. The van der Waals surface area contributed by atoms with Gasteiger partial charge in [0.15, 0.2) is 9.84 Å². The van der Waals surface area contributed by atoms with Gasteiger partial charge in [-0.05, 0) is 37.6 Å². The highest BCUT2D eigenvalue weighted by Crippen LogP contribution is 2.23. The number of amides is 1. The summed E-state index contributed by atoms with van der Waals surface area (Å²) in [5.74, 6) is -0.0300. The number of benzene rings is 1. The summed E-state index contributed by atoms with van der Waals surface area (Å²) in [6.07, 6.45) is 0.480. The number of carbonyl (C=O) groups is 1. The zero-order valence-electron chi connectivity index (χ0n) is 14.4. The van der Waals surface area contributed by atoms with Gasteiger partial charge in [0.25, 0.3) is 5.91 Å². The predicted molar refractivity (Wildman–Crippen MR) is 98.2 cm³/mol. The molecular weight excluding hydrogens is 350 g/mol. The molecule has 0 N–H and O–H groups in total. The molecule has 6 nitrogen and oxygen atoms in total. The van der Waals surface area contributed by atoms with Crippen LogP contribution < -0.4 is 0 Å². The molecule has 1 aliphatic rings. The largest absolute Gasteiger partial charge is 0.335 e. The Morgan fingerprint density at radius 3 is 2.73 bits per heavy atom. The first kappa shape index (κ1) is 18.1. The molecule has 0 aliphatic carbocycles. The van der Waals surface area contributed by atoms with Gasteiger partial charge in [-0.2, -0.15) is 5.26 Å². The molecular formula is C19H19N3O3S. The minimum atomic E-state index is -3.06. The first-order valence-corrected chi connectivity index (χ1v) is 10.2. The van der Waals surface area contributed by atoms with Gasteiger partial charge in [-0.3, -0.25) is 4.79 Å². The number of hydrogen-bond donors (Lipinski definition) is 0. The summed E-state index contributed by atoms with van der Waals surface area (Å²) in [5, 5.41) is 9.00. The Bertz CT molecular complexity index is 980. The summed E-state index contributed by atoms with van der Waals surface area (Å²) >= 11 is 0. The number of aromatic nitrogens is 1. The van der Waals surface area contributed by atoms with E-state index in [-0.39, 0.29) is 23.5 Å². The third kappa shape index (κ3) is 3.75. The van der Waals surface area contributed by atoms with Crippen molar-refractivity contribution in [2.24, 2.45) is 0 Å². The van der Waals surface area contributed by atoms with Gasteiger partial charge in [-0.25, -0.2) is 13.4 Å². The van der Waals surface area contributed by atoms with E-state index in [0.29, 0.717) is 29.9 Å². The average Bonchev–Trinajstić information content (AvgIpc) is 3.02. The summed E-state index contributed by atoms with van der Waals surface area (Å²) in [6.45, 7) is 2.30. The third-order valence-corrected chi connectivity index (χ3v) is 6.27. The Kier molecular flexibility index (Phi) is 5.05. The van der Waals surface area contributed by atoms with Crippen molar-refractivity contribution in [2.45, 2.75) is 19.4 Å². The lowest BCUT2D eigenvalue weighted by Gasteiger charge is -2.27. The predicted octanol–water partition coefficient (Wildman–Crippen LogP) is 2.27. The highest BCUT2D eigenvalue weighted by molar-refractivity contribution is 7.91. The lowest BCUT2D eigenvalue weighted by molar-refractivity contribution is 0.0708. The molecule has 0 radical (unpaired) electrons. The maximum atomic E-state index is 12.9. The van der Waals surface area contributed by atoms with Crippen LogP contribution in [0.3, 0.4) is 0 Å². The van der Waals surface area contributed by atoms with E-state index in [1.165, 1.54) is 0 Å². The molecule has 0 bridgehead atoms. The van der Waals surface area contributed by atoms with Crippen LogP contribution in [0.25, 0.3) is 11.3 Å². The maximum Gasteiger partial charge on any atom is 0.254 e. The fraction of sp³-hybridized carbons (Fsp3) is 0.316. The van der Waals surface area contributed by atoms with E-state index in [0.717, 1.165) is 5.56 Å². The fourth-order valence-corrected chi connectivity index (χ4v) is 4.95. The van der Waals surface area contributed by atoms with Crippen molar-refractivity contribution in [3.05, 3.63) is 53.7 Å². The van der Waals surface area contributed by atoms with Crippen molar-refractivity contribution < 1.29 is 13.2 Å². The first-order valence-electron chi connectivity index (χ1n) is 8.42. The summed E-state index contributed by atoms with van der Waals surface area (Å²) in [5.41, 5.74) is 2.15. The van der Waals surface area contributed by atoms with Crippen LogP contribution in [-0.2, 0) is 9.84 Å². The first-order chi connectivity index (χ1) is 12.4. The molecule has 1 saturated heterocycles. The molecule has 0 saturated carbocycles. The minimum Gasteiger partial charge on any atom is -0.335 e. The molecule has 0 spiro atoms. The number of rotatable bonds is 4. The van der Waals surface area contributed by atoms with Crippen molar-refractivity contribution in [3.8, 4) is 17.3 Å². The summed E-state index contributed by atoms with van der Waals surface area (Å²) in [6, 6.07) is 13.9. The normalized spacial score (nSPS) is 18.2. The molecule has 0 unspecified atom stereocenters. The Balaban J connectivity index is 1.89. The zero-order chi connectivity index (χ0) is 18.7. The van der Waals surface area contributed by atoms with Crippen molar-refractivity contribution in [2.75, 3.05) is 18.1 Å². The van der Waals surface area contributed by atoms with E-state index in [1.807, 2.05) is 19.1 Å². The molecule has 2 aromatic rings. The number of pyridine rings is 1. The molecule has 26 heavy (non-hydrogen) atoms. The van der Waals surface area contributed by atoms with E-state index in [9.17, 15) is 13.2 Å². The molecule has 1 amide bonds. The van der Waals surface area contributed by atoms with E-state index in [1.54, 1.807) is 41.3 Å². The van der Waals surface area contributed by atoms with Crippen molar-refractivity contribution >= 4 is 15.7 Å². The Hall–Kier alpha value is -2.72. The number of sulfone groups is 1. The van der Waals surface area contributed by atoms with Gasteiger partial charge in [0.2, 0.25) is 0 Å². The fourth-order valence-electron chi connectivity index (χ4n) is 3.22. The summed E-state index contributed by atoms with van der Waals surface area (Å²) < 4.78 is 23.5. The van der Waals surface area contributed by atoms with Gasteiger partial charge in [0.05, 0.1) is 17.2 Å². The minimum absolute atomic E-state index is 0.0258. The third-order valence-electron chi connectivity index (χ3n) is 4.52. The van der Waals surface area contributed by atoms with E-state index >= 15 is 0 Å². The van der Waals surface area contributed by atoms with Crippen LogP contribution in [0.1, 0.15) is 29.4 Å². The van der Waals surface area contributed by atoms with Crippen LogP contribution in [-0.4, -0.2) is 48.3 Å². The standard InChI is InChI=1S/C19H19N3O3S/c1-2-22(17-9-10-26(24,25)13-17)19(23)15-6-3-5-14(11-15)18-8-4-7-16(12-20)21-18/h3-8,11,17H,2,9-10,13H2,1H3/t17-/m1/s1. The molecule has 1 fully saturated rings. The smallest absolute Gasteiger partial charge is 0.254 e. The van der Waals surface area contributed by atoms with Crippen molar-refractivity contribution in [1.29, 1.82) is 5.26 Å². The highest BCUT2D eigenvalue weighted by atomic mass is 32.2. The summed E-state index contributed by atoms with van der Waals surface area (Å²) in [4.78, 5) is 18.8. The topological polar surface area (TPSA) is 91.1 Å². The van der Waals surface area contributed by atoms with Gasteiger partial charge in [0.1, 0.15) is 11.8 Å². The van der Waals surface area contributed by atoms with Crippen molar-refractivity contribution in [1.82, 2.24) is 9.88 Å². The molecule has 1 aliphatic heterocycles. The molecule has 7 heteroatoms. The van der Waals surface area contributed by atoms with E-state index in [4.69, 9.17) is 5.26 Å². The SMILES string of the molecule is CCN(C(=O)c1cccc(-c2cccc(C#N)n2)c1)[C@@H]1CCS(=O)(=O)C1. The van der Waals surface area contributed by atoms with Gasteiger partial charge in [-0.1, -0.05) is 18.2 Å². The Morgan fingerprint density at radius 2 is 2.08 bits per heavy atom. The lowest BCUT2D eigenvalue weighted by Crippen LogP contribution is -2.40. The van der Waals surface area contributed by atoms with Crippen molar-refractivity contribution in [3.63, 3.8) is 0 Å². The maximum absolute atomic E-state index is 12.9. The molecule has 1 aromatic carbocycles. The second-order valence-electron chi connectivity index (χ2n) is 6.25. The second-order valence-corrected chi connectivity index (χ2v) is 8.48. The monoisotopic (exact) mass is 369 g/mol. The van der Waals surface area contributed by atoms with Crippen LogP contribution in [0.5, 0.6) is 0 Å². The molecule has 134 valence electrons. The van der Waals surface area contributed by atoms with Crippen LogP contribution in [0.4, 0.5) is 0 Å². The number of hydrogen-bond acceptors (Lipinski definition) is 5. The second kappa shape index (κ2) is 7.26. The van der Waals surface area contributed by atoms with Crippen LogP contribution in [0.2, 0.25) is 0 Å². The van der Waals surface area contributed by atoms with Gasteiger partial charge < -0.3 is 4.90 Å². The van der Waals surface area contributed by atoms with Crippen LogP contribution in [0.15, 0.2) is 42.5 Å². The number of nitriles is 1. The van der Waals surface area contributed by atoms with Crippen LogP contribution >= 0.6 is 0 Å². The molecule has 2 heterocycles. The van der Waals surface area contributed by atoms with Gasteiger partial charge >= 0.3 is 0 Å². The molecule has 1 atom stereocenters. The van der Waals surface area contributed by atoms with E-state index < -0.39 is 9.84 Å². The zero-order valence-corrected chi connectivity index (χ0v) is 15.2. The number of nitrogens with zero attached hydrogens (tertiary/aromatic N) is 3. The Labute approximate surface area is 153 Å². The van der Waals surface area contributed by atoms with Gasteiger partial charge in [0, 0.05) is 23.7 Å². The Morgan fingerprint density at radius 1 is 1.31 bits per heavy atom. The quantitative estimate of drug-likeness (QED) is 0.824. The highest BCUT2D eigenvalue weighted by Gasteiger charge is 2.34. The average molecular weight is 369 g/mol. The lowest BCUT2D eigenvalue weighted by atomic mass is 10.1. The van der Waals surface area contributed by atoms with Crippen LogP contribution in [0, 0.1) is 11.3 Å². The molecule has 3 rings (SSSR count). The number of carbonyl (C=O) groups excluding carboxylic acids is 1. The van der Waals surface area contributed by atoms with Gasteiger partial charge in [-0.15, -0.1) is 0 Å².